The lowest BCUT2D eigenvalue weighted by Gasteiger charge is -2.28. The zero-order valence-electron chi connectivity index (χ0n) is 15.4. The topological polar surface area (TPSA) is 77.1 Å². The van der Waals surface area contributed by atoms with Gasteiger partial charge in [0.2, 0.25) is 0 Å². The van der Waals surface area contributed by atoms with E-state index in [0.717, 1.165) is 18.8 Å². The summed E-state index contributed by atoms with van der Waals surface area (Å²) in [5.41, 5.74) is 2.05. The van der Waals surface area contributed by atoms with Crippen molar-refractivity contribution in [3.63, 3.8) is 0 Å². The van der Waals surface area contributed by atoms with Crippen LogP contribution in [0.5, 0.6) is 5.75 Å². The highest BCUT2D eigenvalue weighted by Crippen LogP contribution is 2.25. The molecule has 8 heteroatoms. The fourth-order valence-corrected chi connectivity index (χ4v) is 3.32. The largest absolute Gasteiger partial charge is 0.496 e. The first-order valence-electron chi connectivity index (χ1n) is 8.80. The van der Waals surface area contributed by atoms with Crippen LogP contribution in [0.15, 0.2) is 46.9 Å². The molecule has 1 N–H and O–H groups in total. The number of morpholine rings is 1. The van der Waals surface area contributed by atoms with E-state index in [2.05, 4.69) is 26.1 Å². The number of carbonyl (C=O) groups excluding carboxylic acids is 2. The van der Waals surface area contributed by atoms with Crippen LogP contribution in [0.2, 0.25) is 0 Å². The molecular weight excluding hydrogens is 428 g/mol. The van der Waals surface area contributed by atoms with Gasteiger partial charge in [-0.05, 0) is 58.4 Å². The van der Waals surface area contributed by atoms with Crippen LogP contribution in [0, 0.1) is 0 Å². The van der Waals surface area contributed by atoms with E-state index in [1.165, 1.54) is 7.11 Å². The van der Waals surface area contributed by atoms with Crippen molar-refractivity contribution >= 4 is 39.2 Å². The molecule has 0 spiro atoms. The number of hydrogen-bond donors (Lipinski definition) is 1. The molecule has 1 aliphatic rings. The maximum atomic E-state index is 12.1. The molecule has 0 atom stereocenters. The van der Waals surface area contributed by atoms with Gasteiger partial charge in [-0.2, -0.15) is 0 Å². The highest BCUT2D eigenvalue weighted by molar-refractivity contribution is 9.10. The molecule has 28 heavy (non-hydrogen) atoms. The van der Waals surface area contributed by atoms with Gasteiger partial charge in [0.15, 0.2) is 6.61 Å². The zero-order chi connectivity index (χ0) is 19.9. The lowest BCUT2D eigenvalue weighted by atomic mass is 10.2. The molecule has 1 amide bonds. The molecule has 3 rings (SSSR count). The van der Waals surface area contributed by atoms with Crippen LogP contribution in [0.3, 0.4) is 0 Å². The minimum atomic E-state index is -0.582. The standard InChI is InChI=1S/C20H21BrN2O5/c1-26-18-7-2-14(12-17(18)21)20(25)28-13-19(24)22-15-3-5-16(6-4-15)23-8-10-27-11-9-23/h2-7,12H,8-11,13H2,1H3,(H,22,24). The number of benzene rings is 2. The monoisotopic (exact) mass is 448 g/mol. The number of amides is 1. The molecule has 1 fully saturated rings. The van der Waals surface area contributed by atoms with Crippen LogP contribution in [-0.2, 0) is 14.3 Å². The highest BCUT2D eigenvalue weighted by atomic mass is 79.9. The molecule has 2 aromatic rings. The summed E-state index contributed by atoms with van der Waals surface area (Å²) in [5.74, 6) is -0.379. The van der Waals surface area contributed by atoms with Crippen molar-refractivity contribution in [3.05, 3.63) is 52.5 Å². The SMILES string of the molecule is COc1ccc(C(=O)OCC(=O)Nc2ccc(N3CCOCC3)cc2)cc1Br. The number of nitrogens with one attached hydrogen (secondary N) is 1. The third-order valence-corrected chi connectivity index (χ3v) is 4.87. The van der Waals surface area contributed by atoms with Gasteiger partial charge in [-0.1, -0.05) is 0 Å². The molecule has 148 valence electrons. The molecule has 7 nitrogen and oxygen atoms in total. The van der Waals surface area contributed by atoms with Crippen LogP contribution >= 0.6 is 15.9 Å². The van der Waals surface area contributed by atoms with Crippen molar-refractivity contribution < 1.29 is 23.8 Å². The molecule has 0 aliphatic carbocycles. The molecule has 1 aliphatic heterocycles. The van der Waals surface area contributed by atoms with E-state index in [1.807, 2.05) is 24.3 Å². The van der Waals surface area contributed by atoms with Crippen LogP contribution in [-0.4, -0.2) is 51.9 Å². The first kappa shape index (κ1) is 20.2. The molecule has 0 unspecified atom stereocenters. The van der Waals surface area contributed by atoms with Crippen LogP contribution in [0.4, 0.5) is 11.4 Å². The maximum absolute atomic E-state index is 12.1. The predicted octanol–water partition coefficient (Wildman–Crippen LogP) is 3.09. The second-order valence-corrected chi connectivity index (χ2v) is 6.97. The van der Waals surface area contributed by atoms with Gasteiger partial charge in [-0.3, -0.25) is 4.79 Å². The molecule has 0 bridgehead atoms. The van der Waals surface area contributed by atoms with E-state index in [-0.39, 0.29) is 6.61 Å². The minimum absolute atomic E-state index is 0.329. The van der Waals surface area contributed by atoms with Gasteiger partial charge in [0, 0.05) is 24.5 Å². The Balaban J connectivity index is 1.49. The lowest BCUT2D eigenvalue weighted by Crippen LogP contribution is -2.36. The first-order valence-corrected chi connectivity index (χ1v) is 9.59. The van der Waals surface area contributed by atoms with Crippen molar-refractivity contribution in [2.24, 2.45) is 0 Å². The number of methoxy groups -OCH3 is 1. The average molecular weight is 449 g/mol. The number of esters is 1. The van der Waals surface area contributed by atoms with E-state index in [1.54, 1.807) is 18.2 Å². The predicted molar refractivity (Wildman–Crippen MR) is 109 cm³/mol. The normalized spacial score (nSPS) is 13.7. The number of nitrogens with zero attached hydrogens (tertiary/aromatic N) is 1. The lowest BCUT2D eigenvalue weighted by molar-refractivity contribution is -0.119. The molecule has 0 saturated carbocycles. The second kappa shape index (κ2) is 9.57. The van der Waals surface area contributed by atoms with Gasteiger partial charge in [0.25, 0.3) is 5.91 Å². The zero-order valence-corrected chi connectivity index (χ0v) is 17.0. The Kier molecular flexibility index (Phi) is 6.89. The van der Waals surface area contributed by atoms with Gasteiger partial charge < -0.3 is 24.4 Å². The molecule has 1 saturated heterocycles. The van der Waals surface area contributed by atoms with E-state index < -0.39 is 11.9 Å². The summed E-state index contributed by atoms with van der Waals surface area (Å²) in [5, 5.41) is 2.72. The molecule has 0 aromatic heterocycles. The average Bonchev–Trinajstić information content (AvgIpc) is 2.73. The van der Waals surface area contributed by atoms with Crippen molar-refractivity contribution in [3.8, 4) is 5.75 Å². The Bertz CT molecular complexity index is 835. The summed E-state index contributed by atoms with van der Waals surface area (Å²) < 4.78 is 16.2. The minimum Gasteiger partial charge on any atom is -0.496 e. The summed E-state index contributed by atoms with van der Waals surface area (Å²) in [4.78, 5) is 26.4. The molecule has 2 aromatic carbocycles. The molecule has 1 heterocycles. The van der Waals surface area contributed by atoms with Gasteiger partial charge in [-0.15, -0.1) is 0 Å². The van der Waals surface area contributed by atoms with Crippen LogP contribution < -0.4 is 15.0 Å². The van der Waals surface area contributed by atoms with Gasteiger partial charge in [0.05, 0.1) is 30.4 Å². The van der Waals surface area contributed by atoms with Crippen molar-refractivity contribution in [1.29, 1.82) is 0 Å². The quantitative estimate of drug-likeness (QED) is 0.684. The Labute approximate surface area is 171 Å². The number of rotatable bonds is 6. The van der Waals surface area contributed by atoms with Gasteiger partial charge >= 0.3 is 5.97 Å². The Morgan fingerprint density at radius 1 is 1.14 bits per heavy atom. The summed E-state index contributed by atoms with van der Waals surface area (Å²) in [7, 11) is 1.54. The summed E-state index contributed by atoms with van der Waals surface area (Å²) >= 11 is 3.31. The fourth-order valence-electron chi connectivity index (χ4n) is 2.78. The van der Waals surface area contributed by atoms with Crippen LogP contribution in [0.25, 0.3) is 0 Å². The van der Waals surface area contributed by atoms with E-state index >= 15 is 0 Å². The third kappa shape index (κ3) is 5.24. The van der Waals surface area contributed by atoms with E-state index in [9.17, 15) is 9.59 Å². The second-order valence-electron chi connectivity index (χ2n) is 6.12. The summed E-state index contributed by atoms with van der Waals surface area (Å²) in [6.45, 7) is 2.77. The van der Waals surface area contributed by atoms with Crippen LogP contribution in [0.1, 0.15) is 10.4 Å². The Morgan fingerprint density at radius 3 is 2.50 bits per heavy atom. The molecular formula is C20H21BrN2O5. The number of carbonyl (C=O) groups is 2. The Hall–Kier alpha value is -2.58. The number of ether oxygens (including phenoxy) is 3. The third-order valence-electron chi connectivity index (χ3n) is 4.25. The van der Waals surface area contributed by atoms with Crippen molar-refractivity contribution in [2.75, 3.05) is 50.2 Å². The van der Waals surface area contributed by atoms with Gasteiger partial charge in [-0.25, -0.2) is 4.79 Å². The smallest absolute Gasteiger partial charge is 0.338 e. The number of anilines is 2. The molecule has 0 radical (unpaired) electrons. The number of halogens is 1. The van der Waals surface area contributed by atoms with E-state index in [4.69, 9.17) is 14.2 Å². The van der Waals surface area contributed by atoms with Crippen molar-refractivity contribution in [1.82, 2.24) is 0 Å². The first-order chi connectivity index (χ1) is 13.6. The van der Waals surface area contributed by atoms with Crippen molar-refractivity contribution in [2.45, 2.75) is 0 Å². The Morgan fingerprint density at radius 2 is 1.86 bits per heavy atom. The summed E-state index contributed by atoms with van der Waals surface area (Å²) in [6.07, 6.45) is 0. The van der Waals surface area contributed by atoms with E-state index in [0.29, 0.717) is 34.7 Å². The summed E-state index contributed by atoms with van der Waals surface area (Å²) in [6, 6.07) is 12.4. The fraction of sp³-hybridized carbons (Fsp3) is 0.300. The van der Waals surface area contributed by atoms with Gasteiger partial charge in [0.1, 0.15) is 5.75 Å². The number of hydrogen-bond acceptors (Lipinski definition) is 6. The highest BCUT2D eigenvalue weighted by Gasteiger charge is 2.14. The maximum Gasteiger partial charge on any atom is 0.338 e.